The van der Waals surface area contributed by atoms with Crippen molar-refractivity contribution < 1.29 is 9.53 Å². The summed E-state index contributed by atoms with van der Waals surface area (Å²) < 4.78 is 6.13. The molecular formula is C14H20BrNO2. The van der Waals surface area contributed by atoms with E-state index >= 15 is 0 Å². The summed E-state index contributed by atoms with van der Waals surface area (Å²) in [6.07, 6.45) is 0.961. The lowest BCUT2D eigenvalue weighted by Gasteiger charge is -2.29. The van der Waals surface area contributed by atoms with Crippen LogP contribution in [0.15, 0.2) is 28.7 Å². The zero-order chi connectivity index (χ0) is 13.6. The molecule has 0 aliphatic heterocycles. The average Bonchev–Trinajstić information content (AvgIpc) is 2.36. The zero-order valence-corrected chi connectivity index (χ0v) is 12.7. The minimum Gasteiger partial charge on any atom is -0.464 e. The fraction of sp³-hybridized carbons (Fsp3) is 0.500. The van der Waals surface area contributed by atoms with Gasteiger partial charge in [0, 0.05) is 4.47 Å². The number of nitrogens with one attached hydrogen (secondary N) is 1. The predicted molar refractivity (Wildman–Crippen MR) is 76.4 cm³/mol. The Morgan fingerprint density at radius 1 is 1.44 bits per heavy atom. The number of rotatable bonds is 6. The van der Waals surface area contributed by atoms with Crippen molar-refractivity contribution in [3.8, 4) is 0 Å². The van der Waals surface area contributed by atoms with Crippen molar-refractivity contribution in [1.82, 2.24) is 5.32 Å². The van der Waals surface area contributed by atoms with Crippen LogP contribution in [0.2, 0.25) is 0 Å². The van der Waals surface area contributed by atoms with Gasteiger partial charge in [-0.25, -0.2) is 4.79 Å². The standard InChI is InChI=1S/C14H20BrNO2/c1-4-9-16-14(3,13(17)18-5-2)11-7-6-8-12(15)10-11/h6-8,10,16H,4-5,9H2,1-3H3. The Hall–Kier alpha value is -0.870. The number of ether oxygens (including phenoxy) is 1. The van der Waals surface area contributed by atoms with Crippen LogP contribution in [0.25, 0.3) is 0 Å². The summed E-state index contributed by atoms with van der Waals surface area (Å²) in [5.41, 5.74) is 0.110. The molecule has 0 aromatic heterocycles. The second-order valence-corrected chi connectivity index (χ2v) is 5.20. The SMILES string of the molecule is CCCNC(C)(C(=O)OCC)c1cccc(Br)c1. The number of benzene rings is 1. The number of carbonyl (C=O) groups excluding carboxylic acids is 1. The molecule has 1 rings (SSSR count). The third kappa shape index (κ3) is 3.56. The molecule has 0 spiro atoms. The van der Waals surface area contributed by atoms with Crippen molar-refractivity contribution in [3.05, 3.63) is 34.3 Å². The van der Waals surface area contributed by atoms with Gasteiger partial charge in [0.1, 0.15) is 5.54 Å². The van der Waals surface area contributed by atoms with Crippen molar-refractivity contribution in [1.29, 1.82) is 0 Å². The first-order valence-corrected chi connectivity index (χ1v) is 7.02. The minimum atomic E-state index is -0.796. The van der Waals surface area contributed by atoms with E-state index in [0.717, 1.165) is 23.0 Å². The Morgan fingerprint density at radius 2 is 2.17 bits per heavy atom. The summed E-state index contributed by atoms with van der Waals surface area (Å²) >= 11 is 3.43. The fourth-order valence-electron chi connectivity index (χ4n) is 1.74. The van der Waals surface area contributed by atoms with Crippen molar-refractivity contribution in [2.24, 2.45) is 0 Å². The summed E-state index contributed by atoms with van der Waals surface area (Å²) in [4.78, 5) is 12.2. The molecule has 0 saturated carbocycles. The topological polar surface area (TPSA) is 38.3 Å². The van der Waals surface area contributed by atoms with Crippen molar-refractivity contribution in [3.63, 3.8) is 0 Å². The molecule has 0 aliphatic carbocycles. The van der Waals surface area contributed by atoms with Gasteiger partial charge in [-0.1, -0.05) is 35.0 Å². The van der Waals surface area contributed by atoms with Gasteiger partial charge in [0.05, 0.1) is 6.61 Å². The van der Waals surface area contributed by atoms with Crippen molar-refractivity contribution in [2.45, 2.75) is 32.7 Å². The normalized spacial score (nSPS) is 14.0. The fourth-order valence-corrected chi connectivity index (χ4v) is 2.14. The van der Waals surface area contributed by atoms with E-state index in [-0.39, 0.29) is 5.97 Å². The van der Waals surface area contributed by atoms with E-state index in [1.807, 2.05) is 38.1 Å². The van der Waals surface area contributed by atoms with Crippen LogP contribution in [-0.4, -0.2) is 19.1 Å². The first-order valence-electron chi connectivity index (χ1n) is 6.23. The molecule has 3 nitrogen and oxygen atoms in total. The van der Waals surface area contributed by atoms with Gasteiger partial charge in [-0.05, 0) is 44.5 Å². The molecule has 0 heterocycles. The molecule has 1 N–H and O–H groups in total. The Morgan fingerprint density at radius 3 is 2.72 bits per heavy atom. The van der Waals surface area contributed by atoms with E-state index in [2.05, 4.69) is 28.2 Å². The molecule has 0 amide bonds. The van der Waals surface area contributed by atoms with Gasteiger partial charge in [0.2, 0.25) is 0 Å². The molecule has 18 heavy (non-hydrogen) atoms. The Balaban J connectivity index is 3.06. The van der Waals surface area contributed by atoms with E-state index in [0.29, 0.717) is 6.61 Å². The summed E-state index contributed by atoms with van der Waals surface area (Å²) in [5.74, 6) is -0.239. The van der Waals surface area contributed by atoms with Crippen LogP contribution in [0.3, 0.4) is 0 Å². The zero-order valence-electron chi connectivity index (χ0n) is 11.1. The quantitative estimate of drug-likeness (QED) is 0.819. The Bertz CT molecular complexity index is 409. The van der Waals surface area contributed by atoms with Gasteiger partial charge in [-0.3, -0.25) is 5.32 Å². The first-order chi connectivity index (χ1) is 8.54. The Kier molecular flexibility index (Phi) is 5.82. The second kappa shape index (κ2) is 6.90. The summed E-state index contributed by atoms with van der Waals surface area (Å²) in [6, 6.07) is 7.74. The maximum atomic E-state index is 12.2. The molecule has 0 saturated heterocycles. The summed E-state index contributed by atoms with van der Waals surface area (Å²) in [5, 5.41) is 3.28. The van der Waals surface area contributed by atoms with Gasteiger partial charge in [0.25, 0.3) is 0 Å². The number of esters is 1. The molecular weight excluding hydrogens is 294 g/mol. The molecule has 1 atom stereocenters. The van der Waals surface area contributed by atoms with Crippen LogP contribution in [0.1, 0.15) is 32.8 Å². The molecule has 0 bridgehead atoms. The molecule has 0 fully saturated rings. The molecule has 0 radical (unpaired) electrons. The highest BCUT2D eigenvalue weighted by Crippen LogP contribution is 2.25. The first kappa shape index (κ1) is 15.2. The van der Waals surface area contributed by atoms with E-state index in [1.54, 1.807) is 0 Å². The summed E-state index contributed by atoms with van der Waals surface area (Å²) in [6.45, 7) is 6.90. The van der Waals surface area contributed by atoms with E-state index in [4.69, 9.17) is 4.74 Å². The molecule has 4 heteroatoms. The molecule has 100 valence electrons. The van der Waals surface area contributed by atoms with Crippen molar-refractivity contribution in [2.75, 3.05) is 13.2 Å². The van der Waals surface area contributed by atoms with Crippen LogP contribution < -0.4 is 5.32 Å². The minimum absolute atomic E-state index is 0.239. The van der Waals surface area contributed by atoms with Crippen LogP contribution in [0.4, 0.5) is 0 Å². The largest absolute Gasteiger partial charge is 0.464 e. The van der Waals surface area contributed by atoms with E-state index in [1.165, 1.54) is 0 Å². The lowest BCUT2D eigenvalue weighted by Crippen LogP contribution is -2.48. The van der Waals surface area contributed by atoms with Crippen LogP contribution >= 0.6 is 15.9 Å². The second-order valence-electron chi connectivity index (χ2n) is 4.28. The van der Waals surface area contributed by atoms with E-state index < -0.39 is 5.54 Å². The number of halogens is 1. The molecule has 0 aliphatic rings. The maximum absolute atomic E-state index is 12.2. The monoisotopic (exact) mass is 313 g/mol. The number of carbonyl (C=O) groups is 1. The number of hydrogen-bond acceptors (Lipinski definition) is 3. The maximum Gasteiger partial charge on any atom is 0.330 e. The highest BCUT2D eigenvalue weighted by atomic mass is 79.9. The van der Waals surface area contributed by atoms with Crippen LogP contribution in [-0.2, 0) is 15.1 Å². The van der Waals surface area contributed by atoms with Crippen LogP contribution in [0.5, 0.6) is 0 Å². The summed E-state index contributed by atoms with van der Waals surface area (Å²) in [7, 11) is 0. The predicted octanol–water partition coefficient (Wildman–Crippen LogP) is 3.23. The highest BCUT2D eigenvalue weighted by Gasteiger charge is 2.36. The van der Waals surface area contributed by atoms with Gasteiger partial charge in [-0.2, -0.15) is 0 Å². The molecule has 1 aromatic carbocycles. The van der Waals surface area contributed by atoms with Gasteiger partial charge >= 0.3 is 5.97 Å². The Labute approximate surface area is 117 Å². The number of hydrogen-bond donors (Lipinski definition) is 1. The lowest BCUT2D eigenvalue weighted by molar-refractivity contribution is -0.151. The van der Waals surface area contributed by atoms with Gasteiger partial charge in [0.15, 0.2) is 0 Å². The van der Waals surface area contributed by atoms with Crippen molar-refractivity contribution >= 4 is 21.9 Å². The van der Waals surface area contributed by atoms with Gasteiger partial charge in [-0.15, -0.1) is 0 Å². The average molecular weight is 314 g/mol. The smallest absolute Gasteiger partial charge is 0.330 e. The molecule has 1 unspecified atom stereocenters. The third-order valence-electron chi connectivity index (χ3n) is 2.81. The lowest BCUT2D eigenvalue weighted by atomic mass is 9.92. The molecule has 1 aromatic rings. The van der Waals surface area contributed by atoms with E-state index in [9.17, 15) is 4.79 Å². The third-order valence-corrected chi connectivity index (χ3v) is 3.31. The van der Waals surface area contributed by atoms with Gasteiger partial charge < -0.3 is 4.74 Å². The highest BCUT2D eigenvalue weighted by molar-refractivity contribution is 9.10. The van der Waals surface area contributed by atoms with Crippen LogP contribution in [0, 0.1) is 0 Å².